The average Bonchev–Trinajstić information content (AvgIpc) is 2.46. The first-order valence-corrected chi connectivity index (χ1v) is 6.06. The molecule has 0 amide bonds. The van der Waals surface area contributed by atoms with E-state index in [-0.39, 0.29) is 29.6 Å². The van der Waals surface area contributed by atoms with E-state index in [9.17, 15) is 15.2 Å². The second kappa shape index (κ2) is 5.63. The van der Waals surface area contributed by atoms with Crippen molar-refractivity contribution in [2.75, 3.05) is 24.6 Å². The number of nitrogens with zero attached hydrogens (tertiary/aromatic N) is 4. The van der Waals surface area contributed by atoms with Gasteiger partial charge in [-0.05, 0) is 18.8 Å². The molecule has 1 unspecified atom stereocenters. The molecule has 7 heteroatoms. The van der Waals surface area contributed by atoms with Gasteiger partial charge >= 0.3 is 5.69 Å². The van der Waals surface area contributed by atoms with Crippen molar-refractivity contribution in [2.45, 2.75) is 12.8 Å². The molecule has 0 aromatic carbocycles. The highest BCUT2D eigenvalue weighted by Crippen LogP contribution is 2.29. The van der Waals surface area contributed by atoms with Gasteiger partial charge in [0.1, 0.15) is 6.07 Å². The number of piperidine rings is 1. The molecule has 1 N–H and O–H groups in total. The lowest BCUT2D eigenvalue weighted by atomic mass is 9.99. The van der Waals surface area contributed by atoms with Gasteiger partial charge in [0.25, 0.3) is 0 Å². The van der Waals surface area contributed by atoms with Gasteiger partial charge in [-0.25, -0.2) is 4.98 Å². The summed E-state index contributed by atoms with van der Waals surface area (Å²) >= 11 is 0. The van der Waals surface area contributed by atoms with Gasteiger partial charge in [0.15, 0.2) is 0 Å². The molecular formula is C12H14N4O3. The minimum absolute atomic E-state index is 0.0700. The maximum absolute atomic E-state index is 11.1. The lowest BCUT2D eigenvalue weighted by molar-refractivity contribution is -0.384. The van der Waals surface area contributed by atoms with Crippen LogP contribution in [0.3, 0.4) is 0 Å². The van der Waals surface area contributed by atoms with Crippen LogP contribution >= 0.6 is 0 Å². The summed E-state index contributed by atoms with van der Waals surface area (Å²) in [6, 6.07) is 3.09. The van der Waals surface area contributed by atoms with Gasteiger partial charge < -0.3 is 10.0 Å². The highest BCUT2D eigenvalue weighted by molar-refractivity contribution is 5.60. The first-order chi connectivity index (χ1) is 9.15. The number of pyridine rings is 1. The summed E-state index contributed by atoms with van der Waals surface area (Å²) in [6.45, 7) is 1.30. The number of aromatic nitrogens is 1. The largest absolute Gasteiger partial charge is 0.396 e. The van der Waals surface area contributed by atoms with E-state index in [1.54, 1.807) is 0 Å². The van der Waals surface area contributed by atoms with Gasteiger partial charge in [0, 0.05) is 32.0 Å². The van der Waals surface area contributed by atoms with Crippen LogP contribution in [0.25, 0.3) is 0 Å². The van der Waals surface area contributed by atoms with Crippen LogP contribution in [0.15, 0.2) is 12.3 Å². The van der Waals surface area contributed by atoms with Gasteiger partial charge in [0.05, 0.1) is 10.5 Å². The normalized spacial score (nSPS) is 18.9. The molecule has 1 aromatic heterocycles. The highest BCUT2D eigenvalue weighted by atomic mass is 16.6. The summed E-state index contributed by atoms with van der Waals surface area (Å²) in [5.41, 5.74) is 0.0174. The predicted molar refractivity (Wildman–Crippen MR) is 67.6 cm³/mol. The Morgan fingerprint density at radius 2 is 2.47 bits per heavy atom. The van der Waals surface area contributed by atoms with Crippen molar-refractivity contribution in [3.63, 3.8) is 0 Å². The maximum atomic E-state index is 11.1. The summed E-state index contributed by atoms with van der Waals surface area (Å²) in [4.78, 5) is 16.4. The number of hydrogen-bond acceptors (Lipinski definition) is 6. The summed E-state index contributed by atoms with van der Waals surface area (Å²) < 4.78 is 0. The van der Waals surface area contributed by atoms with E-state index in [2.05, 4.69) is 4.98 Å². The summed E-state index contributed by atoms with van der Waals surface area (Å²) in [6.07, 6.45) is 3.12. The number of hydrogen-bond donors (Lipinski definition) is 1. The molecule has 1 aliphatic heterocycles. The lowest BCUT2D eigenvalue weighted by Gasteiger charge is -2.32. The van der Waals surface area contributed by atoms with Crippen LogP contribution < -0.4 is 4.90 Å². The van der Waals surface area contributed by atoms with Crippen molar-refractivity contribution >= 4 is 11.5 Å². The van der Waals surface area contributed by atoms with Crippen LogP contribution in [0, 0.1) is 27.4 Å². The Balaban J connectivity index is 2.33. The molecular weight excluding hydrogens is 248 g/mol. The molecule has 7 nitrogen and oxygen atoms in total. The Morgan fingerprint density at radius 3 is 3.11 bits per heavy atom. The molecule has 0 radical (unpaired) electrons. The molecule has 1 aromatic rings. The minimum atomic E-state index is -0.522. The van der Waals surface area contributed by atoms with E-state index in [0.717, 1.165) is 12.8 Å². The first kappa shape index (κ1) is 13.2. The fourth-order valence-corrected chi connectivity index (χ4v) is 2.29. The molecule has 1 fully saturated rings. The Labute approximate surface area is 110 Å². The predicted octanol–water partition coefficient (Wildman–Crippen LogP) is 1.07. The molecule has 1 atom stereocenters. The van der Waals surface area contributed by atoms with E-state index < -0.39 is 4.92 Å². The second-order valence-corrected chi connectivity index (χ2v) is 4.57. The van der Waals surface area contributed by atoms with E-state index >= 15 is 0 Å². The number of nitro groups is 1. The third-order valence-corrected chi connectivity index (χ3v) is 3.25. The molecule has 1 saturated heterocycles. The van der Waals surface area contributed by atoms with E-state index in [1.807, 2.05) is 11.0 Å². The Morgan fingerprint density at radius 1 is 1.68 bits per heavy atom. The van der Waals surface area contributed by atoms with Crippen LogP contribution in [0.1, 0.15) is 18.4 Å². The molecule has 0 aliphatic carbocycles. The number of anilines is 1. The SMILES string of the molecule is N#Cc1cnc(N2CCCC(CO)C2)c([N+](=O)[O-])c1. The van der Waals surface area contributed by atoms with Crippen molar-refractivity contribution in [2.24, 2.45) is 5.92 Å². The van der Waals surface area contributed by atoms with Crippen molar-refractivity contribution < 1.29 is 10.0 Å². The Kier molecular flexibility index (Phi) is 3.92. The van der Waals surface area contributed by atoms with Gasteiger partial charge in [-0.1, -0.05) is 0 Å². The number of aliphatic hydroxyl groups is 1. The van der Waals surface area contributed by atoms with Crippen molar-refractivity contribution in [1.82, 2.24) is 4.98 Å². The van der Waals surface area contributed by atoms with Crippen LogP contribution in [0.2, 0.25) is 0 Å². The van der Waals surface area contributed by atoms with Gasteiger partial charge in [0.2, 0.25) is 5.82 Å². The number of nitriles is 1. The molecule has 0 spiro atoms. The van der Waals surface area contributed by atoms with Crippen LogP contribution in [0.4, 0.5) is 11.5 Å². The van der Waals surface area contributed by atoms with Crippen LogP contribution in [0.5, 0.6) is 0 Å². The smallest absolute Gasteiger partial charge is 0.312 e. The fourth-order valence-electron chi connectivity index (χ4n) is 2.29. The van der Waals surface area contributed by atoms with Crippen molar-refractivity contribution in [3.8, 4) is 6.07 Å². The van der Waals surface area contributed by atoms with E-state index in [4.69, 9.17) is 5.26 Å². The van der Waals surface area contributed by atoms with Gasteiger partial charge in [-0.15, -0.1) is 0 Å². The second-order valence-electron chi connectivity index (χ2n) is 4.57. The van der Waals surface area contributed by atoms with Gasteiger partial charge in [-0.3, -0.25) is 10.1 Å². The zero-order valence-electron chi connectivity index (χ0n) is 10.3. The van der Waals surface area contributed by atoms with Crippen LogP contribution in [-0.2, 0) is 0 Å². The first-order valence-electron chi connectivity index (χ1n) is 6.06. The third-order valence-electron chi connectivity index (χ3n) is 3.25. The zero-order valence-corrected chi connectivity index (χ0v) is 10.3. The third kappa shape index (κ3) is 2.80. The molecule has 2 heterocycles. The lowest BCUT2D eigenvalue weighted by Crippen LogP contribution is -2.37. The molecule has 2 rings (SSSR count). The number of rotatable bonds is 3. The molecule has 1 aliphatic rings. The standard InChI is InChI=1S/C12H14N4O3/c13-5-10-4-11(16(18)19)12(14-6-10)15-3-1-2-9(7-15)8-17/h4,6,9,17H,1-3,7-8H2. The Bertz CT molecular complexity index is 526. The molecule has 0 bridgehead atoms. The highest BCUT2D eigenvalue weighted by Gasteiger charge is 2.26. The molecule has 19 heavy (non-hydrogen) atoms. The minimum Gasteiger partial charge on any atom is -0.396 e. The quantitative estimate of drug-likeness (QED) is 0.645. The topological polar surface area (TPSA) is 103 Å². The monoisotopic (exact) mass is 262 g/mol. The molecule has 100 valence electrons. The summed E-state index contributed by atoms with van der Waals surface area (Å²) in [5, 5.41) is 29.0. The Hall–Kier alpha value is -2.20. The zero-order chi connectivity index (χ0) is 13.8. The summed E-state index contributed by atoms with van der Waals surface area (Å²) in [7, 11) is 0. The van der Waals surface area contributed by atoms with Crippen LogP contribution in [-0.4, -0.2) is 34.7 Å². The maximum Gasteiger partial charge on any atom is 0.312 e. The van der Waals surface area contributed by atoms with Gasteiger partial charge in [-0.2, -0.15) is 5.26 Å². The van der Waals surface area contributed by atoms with E-state index in [0.29, 0.717) is 13.1 Å². The van der Waals surface area contributed by atoms with E-state index in [1.165, 1.54) is 12.3 Å². The number of aliphatic hydroxyl groups excluding tert-OH is 1. The van der Waals surface area contributed by atoms with Crippen molar-refractivity contribution in [1.29, 1.82) is 5.26 Å². The summed E-state index contributed by atoms with van der Waals surface area (Å²) in [5.74, 6) is 0.396. The van der Waals surface area contributed by atoms with Crippen molar-refractivity contribution in [3.05, 3.63) is 27.9 Å². The molecule has 0 saturated carbocycles. The fraction of sp³-hybridized carbons (Fsp3) is 0.500. The average molecular weight is 262 g/mol.